The number of hydrogen-bond donors (Lipinski definition) is 2. The number of carbonyl (C=O) groups is 1. The van der Waals surface area contributed by atoms with Gasteiger partial charge in [0.25, 0.3) is 10.0 Å². The van der Waals surface area contributed by atoms with Crippen LogP contribution < -0.4 is 15.4 Å². The number of anilines is 3. The lowest BCUT2D eigenvalue weighted by atomic mass is 10.0. The van der Waals surface area contributed by atoms with Crippen molar-refractivity contribution >= 4 is 44.0 Å². The molecule has 35 heavy (non-hydrogen) atoms. The number of aromatic nitrogens is 3. The molecule has 1 amide bonds. The average molecular weight is 503 g/mol. The number of nitrogens with zero attached hydrogens (tertiary/aromatic N) is 3. The van der Waals surface area contributed by atoms with Crippen LogP contribution in [0.15, 0.2) is 65.8 Å². The molecule has 1 aliphatic heterocycles. The monoisotopic (exact) mass is 503 g/mol. The van der Waals surface area contributed by atoms with Gasteiger partial charge in [0.15, 0.2) is 0 Å². The van der Waals surface area contributed by atoms with Gasteiger partial charge in [-0.3, -0.25) is 4.79 Å². The molecular formula is C22H16F3N5O4S. The molecular weight excluding hydrogens is 487 g/mol. The Hall–Kier alpha value is -4.13. The summed E-state index contributed by atoms with van der Waals surface area (Å²) in [6, 6.07) is 11.2. The topological polar surface area (TPSA) is 115 Å². The number of carbonyl (C=O) groups excluding carboxylic acids is 1. The summed E-state index contributed by atoms with van der Waals surface area (Å²) < 4.78 is 69.5. The maximum Gasteiger partial charge on any atom is 0.573 e. The molecule has 9 nitrogen and oxygen atoms in total. The van der Waals surface area contributed by atoms with Gasteiger partial charge in [-0.1, -0.05) is 12.1 Å². The standard InChI is InChI=1S/C22H16F3N5O4S/c23-22(24,25)34-18-3-1-2-4-19(18)35(32,33)30-17-10-20(26-11-14(17)12-27-30)28-15-6-7-16-13(9-15)5-8-21(31)29-16/h1-4,6-7,9-12H,5,8H2,(H,26,28)(H,29,31). The molecule has 0 bridgehead atoms. The molecule has 5 rings (SSSR count). The lowest BCUT2D eigenvalue weighted by Gasteiger charge is -2.18. The first-order valence-corrected chi connectivity index (χ1v) is 11.7. The van der Waals surface area contributed by atoms with Crippen molar-refractivity contribution in [2.24, 2.45) is 0 Å². The van der Waals surface area contributed by atoms with E-state index in [9.17, 15) is 26.4 Å². The van der Waals surface area contributed by atoms with Crippen molar-refractivity contribution in [3.63, 3.8) is 0 Å². The number of halogens is 3. The van der Waals surface area contributed by atoms with Crippen molar-refractivity contribution in [2.45, 2.75) is 24.1 Å². The molecule has 0 aliphatic carbocycles. The fourth-order valence-corrected chi connectivity index (χ4v) is 5.12. The second-order valence-corrected chi connectivity index (χ2v) is 9.40. The zero-order valence-electron chi connectivity index (χ0n) is 17.7. The molecule has 2 aromatic heterocycles. The van der Waals surface area contributed by atoms with E-state index in [1.165, 1.54) is 30.6 Å². The van der Waals surface area contributed by atoms with E-state index in [0.29, 0.717) is 28.0 Å². The van der Waals surface area contributed by atoms with E-state index in [4.69, 9.17) is 0 Å². The molecule has 0 fully saturated rings. The predicted molar refractivity (Wildman–Crippen MR) is 120 cm³/mol. The Balaban J connectivity index is 1.50. The summed E-state index contributed by atoms with van der Waals surface area (Å²) in [6.07, 6.45) is -1.48. The number of nitrogens with one attached hydrogen (secondary N) is 2. The van der Waals surface area contributed by atoms with Crippen LogP contribution in [-0.2, 0) is 21.2 Å². The Bertz CT molecular complexity index is 1570. The van der Waals surface area contributed by atoms with Gasteiger partial charge in [0.1, 0.15) is 16.5 Å². The summed E-state index contributed by atoms with van der Waals surface area (Å²) in [6.45, 7) is 0. The van der Waals surface area contributed by atoms with Crippen molar-refractivity contribution in [2.75, 3.05) is 10.6 Å². The van der Waals surface area contributed by atoms with Crippen LogP contribution in [0.25, 0.3) is 10.9 Å². The molecule has 4 aromatic rings. The van der Waals surface area contributed by atoms with Gasteiger partial charge in [-0.05, 0) is 42.3 Å². The highest BCUT2D eigenvalue weighted by molar-refractivity contribution is 7.90. The highest BCUT2D eigenvalue weighted by Gasteiger charge is 2.35. The smallest absolute Gasteiger partial charge is 0.404 e. The van der Waals surface area contributed by atoms with Crippen LogP contribution in [0, 0.1) is 0 Å². The summed E-state index contributed by atoms with van der Waals surface area (Å²) in [4.78, 5) is 15.1. The molecule has 2 aromatic carbocycles. The van der Waals surface area contributed by atoms with Crippen LogP contribution in [0.3, 0.4) is 0 Å². The fraction of sp³-hybridized carbons (Fsp3) is 0.136. The number of pyridine rings is 1. The van der Waals surface area contributed by atoms with Crippen molar-refractivity contribution < 1.29 is 31.1 Å². The van der Waals surface area contributed by atoms with Gasteiger partial charge < -0.3 is 15.4 Å². The van der Waals surface area contributed by atoms with Gasteiger partial charge >= 0.3 is 6.36 Å². The van der Waals surface area contributed by atoms with Gasteiger partial charge in [-0.25, -0.2) is 4.98 Å². The molecule has 180 valence electrons. The molecule has 0 unspecified atom stereocenters. The average Bonchev–Trinajstić information content (AvgIpc) is 3.22. The van der Waals surface area contributed by atoms with E-state index < -0.39 is 27.0 Å². The van der Waals surface area contributed by atoms with Gasteiger partial charge in [0.05, 0.1) is 11.7 Å². The Labute approximate surface area is 196 Å². The van der Waals surface area contributed by atoms with Crippen LogP contribution in [-0.4, -0.2) is 34.9 Å². The molecule has 0 spiro atoms. The number of benzene rings is 2. The Morgan fingerprint density at radius 1 is 1.06 bits per heavy atom. The van der Waals surface area contributed by atoms with Crippen molar-refractivity contribution in [1.29, 1.82) is 0 Å². The zero-order valence-corrected chi connectivity index (χ0v) is 18.5. The van der Waals surface area contributed by atoms with E-state index in [2.05, 4.69) is 25.5 Å². The normalized spacial score (nSPS) is 13.9. The lowest BCUT2D eigenvalue weighted by molar-refractivity contribution is -0.275. The van der Waals surface area contributed by atoms with Gasteiger partial charge in [0.2, 0.25) is 5.91 Å². The number of amides is 1. The summed E-state index contributed by atoms with van der Waals surface area (Å²) in [7, 11) is -4.55. The maximum absolute atomic E-state index is 13.3. The SMILES string of the molecule is O=C1CCc2cc(Nc3cc4c(cn3)cnn4S(=O)(=O)c3ccccc3OC(F)(F)F)ccc2N1. The zero-order chi connectivity index (χ0) is 24.8. The Morgan fingerprint density at radius 2 is 1.86 bits per heavy atom. The summed E-state index contributed by atoms with van der Waals surface area (Å²) in [5.41, 5.74) is 2.42. The largest absolute Gasteiger partial charge is 0.573 e. The second kappa shape index (κ2) is 8.27. The summed E-state index contributed by atoms with van der Waals surface area (Å²) in [5, 5.41) is 10.1. The van der Waals surface area contributed by atoms with Crippen LogP contribution in [0.1, 0.15) is 12.0 Å². The van der Waals surface area contributed by atoms with Crippen molar-refractivity contribution in [3.8, 4) is 5.75 Å². The van der Waals surface area contributed by atoms with E-state index in [1.54, 1.807) is 12.1 Å². The molecule has 0 radical (unpaired) electrons. The molecule has 13 heteroatoms. The number of fused-ring (bicyclic) bond motifs is 2. The van der Waals surface area contributed by atoms with Gasteiger partial charge in [0, 0.05) is 35.4 Å². The molecule has 2 N–H and O–H groups in total. The van der Waals surface area contributed by atoms with E-state index in [1.807, 2.05) is 6.07 Å². The Morgan fingerprint density at radius 3 is 2.66 bits per heavy atom. The quantitative estimate of drug-likeness (QED) is 0.420. The van der Waals surface area contributed by atoms with Crippen LogP contribution in [0.2, 0.25) is 0 Å². The third-order valence-corrected chi connectivity index (χ3v) is 6.91. The second-order valence-electron chi connectivity index (χ2n) is 7.66. The van der Waals surface area contributed by atoms with Crippen LogP contribution >= 0.6 is 0 Å². The summed E-state index contributed by atoms with van der Waals surface area (Å²) >= 11 is 0. The third-order valence-electron chi connectivity index (χ3n) is 5.27. The number of ether oxygens (including phenoxy) is 1. The van der Waals surface area contributed by atoms with Crippen molar-refractivity contribution in [3.05, 3.63) is 66.5 Å². The van der Waals surface area contributed by atoms with E-state index in [-0.39, 0.29) is 17.2 Å². The fourth-order valence-electron chi connectivity index (χ4n) is 3.73. The molecule has 0 atom stereocenters. The van der Waals surface area contributed by atoms with E-state index >= 15 is 0 Å². The van der Waals surface area contributed by atoms with Crippen LogP contribution in [0.4, 0.5) is 30.4 Å². The number of para-hydroxylation sites is 1. The minimum absolute atomic E-state index is 0.0537. The molecule has 1 aliphatic rings. The number of rotatable bonds is 5. The predicted octanol–water partition coefficient (Wildman–Crippen LogP) is 4.20. The third kappa shape index (κ3) is 4.49. The van der Waals surface area contributed by atoms with Crippen molar-refractivity contribution in [1.82, 2.24) is 14.2 Å². The van der Waals surface area contributed by atoms with Gasteiger partial charge in [-0.2, -0.15) is 17.6 Å². The first-order chi connectivity index (χ1) is 16.6. The minimum Gasteiger partial charge on any atom is -0.404 e. The number of aryl methyl sites for hydroxylation is 1. The maximum atomic E-state index is 13.3. The summed E-state index contributed by atoms with van der Waals surface area (Å²) in [5.74, 6) is -0.631. The highest BCUT2D eigenvalue weighted by atomic mass is 32.2. The lowest BCUT2D eigenvalue weighted by Crippen LogP contribution is -2.21. The Kier molecular flexibility index (Phi) is 5.35. The minimum atomic E-state index is -5.07. The number of alkyl halides is 3. The molecule has 0 saturated carbocycles. The van der Waals surface area contributed by atoms with E-state index in [0.717, 1.165) is 23.4 Å². The van der Waals surface area contributed by atoms with Crippen LogP contribution in [0.5, 0.6) is 5.75 Å². The number of hydrogen-bond acceptors (Lipinski definition) is 7. The first kappa shape index (κ1) is 22.7. The first-order valence-electron chi connectivity index (χ1n) is 10.2. The molecule has 3 heterocycles. The molecule has 0 saturated heterocycles. The highest BCUT2D eigenvalue weighted by Crippen LogP contribution is 2.32. The van der Waals surface area contributed by atoms with Gasteiger partial charge in [-0.15, -0.1) is 13.2 Å².